The molecule has 0 aliphatic rings. The van der Waals surface area contributed by atoms with Gasteiger partial charge in [-0.25, -0.2) is 4.98 Å². The van der Waals surface area contributed by atoms with Crippen LogP contribution < -0.4 is 10.3 Å². The molecule has 136 valence electrons. The van der Waals surface area contributed by atoms with Gasteiger partial charge in [0.25, 0.3) is 11.4 Å². The number of hydrogen-bond donors (Lipinski definition) is 1. The zero-order valence-electron chi connectivity index (χ0n) is 14.8. The second-order valence-corrected chi connectivity index (χ2v) is 6.27. The molecule has 1 N–H and O–H groups in total. The molecule has 3 rings (SSSR count). The lowest BCUT2D eigenvalue weighted by molar-refractivity contribution is 0.00479. The summed E-state index contributed by atoms with van der Waals surface area (Å²) in [6, 6.07) is 8.52. The van der Waals surface area contributed by atoms with E-state index in [1.807, 2.05) is 6.07 Å². The van der Waals surface area contributed by atoms with Crippen molar-refractivity contribution in [2.24, 2.45) is 0 Å². The van der Waals surface area contributed by atoms with Crippen LogP contribution in [-0.4, -0.2) is 31.9 Å². The molecule has 0 aromatic carbocycles. The van der Waals surface area contributed by atoms with Crippen LogP contribution in [0, 0.1) is 6.92 Å². The summed E-state index contributed by atoms with van der Waals surface area (Å²) in [6.07, 6.45) is 2.07. The van der Waals surface area contributed by atoms with Crippen LogP contribution in [0.4, 0.5) is 0 Å². The van der Waals surface area contributed by atoms with Crippen molar-refractivity contribution >= 4 is 0 Å². The summed E-state index contributed by atoms with van der Waals surface area (Å²) in [4.78, 5) is 20.4. The number of aryl methyl sites for hydroxylation is 1. The molecule has 8 nitrogen and oxygen atoms in total. The van der Waals surface area contributed by atoms with Gasteiger partial charge in [-0.2, -0.15) is 4.98 Å². The summed E-state index contributed by atoms with van der Waals surface area (Å²) in [6.45, 7) is 3.36. The molecule has 8 heteroatoms. The number of ether oxygens (including phenoxy) is 1. The molecule has 0 spiro atoms. The van der Waals surface area contributed by atoms with E-state index in [9.17, 15) is 9.90 Å². The normalized spacial score (nSPS) is 13.4. The van der Waals surface area contributed by atoms with Crippen LogP contribution >= 0.6 is 0 Å². The highest BCUT2D eigenvalue weighted by molar-refractivity contribution is 5.20. The van der Waals surface area contributed by atoms with Crippen molar-refractivity contribution in [3.63, 3.8) is 0 Å². The van der Waals surface area contributed by atoms with Gasteiger partial charge < -0.3 is 18.9 Å². The Balaban J connectivity index is 1.78. The number of methoxy groups -OCH3 is 1. The van der Waals surface area contributed by atoms with Gasteiger partial charge in [-0.05, 0) is 25.5 Å². The van der Waals surface area contributed by atoms with Crippen LogP contribution in [0.15, 0.2) is 45.8 Å². The Morgan fingerprint density at radius 3 is 2.77 bits per heavy atom. The van der Waals surface area contributed by atoms with Gasteiger partial charge in [-0.15, -0.1) is 0 Å². The number of pyridine rings is 2. The maximum Gasteiger partial charge on any atom is 0.260 e. The maximum absolute atomic E-state index is 12.0. The molecular weight excluding hydrogens is 336 g/mol. The van der Waals surface area contributed by atoms with Crippen LogP contribution in [0.3, 0.4) is 0 Å². The Hall–Kier alpha value is -3.00. The lowest BCUT2D eigenvalue weighted by atomic mass is 10.1. The van der Waals surface area contributed by atoms with Crippen LogP contribution in [0.5, 0.6) is 5.88 Å². The number of aliphatic hydroxyl groups is 1. The largest absolute Gasteiger partial charge is 0.481 e. The lowest BCUT2D eigenvalue weighted by Gasteiger charge is -2.21. The summed E-state index contributed by atoms with van der Waals surface area (Å²) in [5.41, 5.74) is -0.0524. The summed E-state index contributed by atoms with van der Waals surface area (Å²) in [5, 5.41) is 14.7. The molecule has 1 atom stereocenters. The van der Waals surface area contributed by atoms with E-state index in [1.54, 1.807) is 38.4 Å². The lowest BCUT2D eigenvalue weighted by Crippen LogP contribution is -2.34. The summed E-state index contributed by atoms with van der Waals surface area (Å²) in [7, 11) is 1.55. The molecule has 0 bridgehead atoms. The highest BCUT2D eigenvalue weighted by Crippen LogP contribution is 2.22. The summed E-state index contributed by atoms with van der Waals surface area (Å²) >= 11 is 0. The molecule has 3 heterocycles. The molecule has 0 saturated carbocycles. The van der Waals surface area contributed by atoms with E-state index in [4.69, 9.17) is 9.26 Å². The Labute approximate surface area is 150 Å². The number of rotatable bonds is 6. The third-order valence-corrected chi connectivity index (χ3v) is 4.03. The van der Waals surface area contributed by atoms with Crippen molar-refractivity contribution in [3.05, 3.63) is 69.9 Å². The molecule has 3 aromatic heterocycles. The highest BCUT2D eigenvalue weighted by Gasteiger charge is 2.31. The standard InChI is InChI=1S/C18H20N4O4/c1-12-5-4-6-16(23)22(12)11-18(2,24)17-20-14(21-26-17)9-13-7-8-15(25-3)19-10-13/h4-8,10,24H,9,11H2,1-3H3. The average Bonchev–Trinajstić information content (AvgIpc) is 3.08. The Kier molecular flexibility index (Phi) is 4.85. The fourth-order valence-electron chi connectivity index (χ4n) is 2.56. The monoisotopic (exact) mass is 356 g/mol. The van der Waals surface area contributed by atoms with Crippen molar-refractivity contribution < 1.29 is 14.4 Å². The minimum Gasteiger partial charge on any atom is -0.481 e. The van der Waals surface area contributed by atoms with Gasteiger partial charge in [0.2, 0.25) is 5.88 Å². The van der Waals surface area contributed by atoms with Gasteiger partial charge in [0.05, 0.1) is 13.7 Å². The SMILES string of the molecule is COc1ccc(Cc2noc(C(C)(O)Cn3c(C)cccc3=O)n2)cn1. The first-order valence-corrected chi connectivity index (χ1v) is 8.10. The molecule has 0 fully saturated rings. The van der Waals surface area contributed by atoms with Crippen LogP contribution in [0.25, 0.3) is 0 Å². The summed E-state index contributed by atoms with van der Waals surface area (Å²) in [5.74, 6) is 1.00. The first-order chi connectivity index (χ1) is 12.4. The van der Waals surface area contributed by atoms with Gasteiger partial charge in [0.15, 0.2) is 11.4 Å². The highest BCUT2D eigenvalue weighted by atomic mass is 16.5. The molecular formula is C18H20N4O4. The summed E-state index contributed by atoms with van der Waals surface area (Å²) < 4.78 is 11.7. The fraction of sp³-hybridized carbons (Fsp3) is 0.333. The topological polar surface area (TPSA) is 103 Å². The second-order valence-electron chi connectivity index (χ2n) is 6.27. The zero-order chi connectivity index (χ0) is 18.7. The molecule has 0 saturated heterocycles. The van der Waals surface area contributed by atoms with E-state index in [-0.39, 0.29) is 18.0 Å². The predicted octanol–water partition coefficient (Wildman–Crippen LogP) is 1.44. The van der Waals surface area contributed by atoms with Crippen molar-refractivity contribution in [3.8, 4) is 5.88 Å². The van der Waals surface area contributed by atoms with Gasteiger partial charge in [0, 0.05) is 30.4 Å². The Morgan fingerprint density at radius 2 is 2.12 bits per heavy atom. The first-order valence-electron chi connectivity index (χ1n) is 8.10. The molecule has 26 heavy (non-hydrogen) atoms. The van der Waals surface area contributed by atoms with Gasteiger partial charge in [-0.1, -0.05) is 17.3 Å². The van der Waals surface area contributed by atoms with Crippen LogP contribution in [0.1, 0.15) is 29.9 Å². The number of nitrogens with zero attached hydrogens (tertiary/aromatic N) is 4. The van der Waals surface area contributed by atoms with Gasteiger partial charge >= 0.3 is 0 Å². The Bertz CT molecular complexity index is 944. The van der Waals surface area contributed by atoms with Crippen molar-refractivity contribution in [2.75, 3.05) is 7.11 Å². The van der Waals surface area contributed by atoms with E-state index in [0.29, 0.717) is 18.1 Å². The predicted molar refractivity (Wildman–Crippen MR) is 92.9 cm³/mol. The van der Waals surface area contributed by atoms with E-state index in [0.717, 1.165) is 11.3 Å². The van der Waals surface area contributed by atoms with E-state index in [2.05, 4.69) is 15.1 Å². The van der Waals surface area contributed by atoms with Gasteiger partial charge in [0.1, 0.15) is 0 Å². The molecule has 0 radical (unpaired) electrons. The number of aromatic nitrogens is 4. The molecule has 3 aromatic rings. The quantitative estimate of drug-likeness (QED) is 0.713. The smallest absolute Gasteiger partial charge is 0.260 e. The van der Waals surface area contributed by atoms with Crippen LogP contribution in [-0.2, 0) is 18.6 Å². The van der Waals surface area contributed by atoms with Crippen molar-refractivity contribution in [1.82, 2.24) is 19.7 Å². The van der Waals surface area contributed by atoms with Crippen LogP contribution in [0.2, 0.25) is 0 Å². The van der Waals surface area contributed by atoms with E-state index < -0.39 is 5.60 Å². The minimum absolute atomic E-state index is 0.0181. The van der Waals surface area contributed by atoms with E-state index >= 15 is 0 Å². The fourth-order valence-corrected chi connectivity index (χ4v) is 2.56. The molecule has 0 aliphatic carbocycles. The van der Waals surface area contributed by atoms with Gasteiger partial charge in [-0.3, -0.25) is 4.79 Å². The average molecular weight is 356 g/mol. The first kappa shape index (κ1) is 17.8. The molecule has 0 amide bonds. The molecule has 1 unspecified atom stereocenters. The van der Waals surface area contributed by atoms with E-state index in [1.165, 1.54) is 17.6 Å². The third-order valence-electron chi connectivity index (χ3n) is 4.03. The number of hydrogen-bond acceptors (Lipinski definition) is 7. The zero-order valence-corrected chi connectivity index (χ0v) is 14.8. The Morgan fingerprint density at radius 1 is 1.31 bits per heavy atom. The van der Waals surface area contributed by atoms with Crippen molar-refractivity contribution in [2.45, 2.75) is 32.4 Å². The second kappa shape index (κ2) is 7.09. The minimum atomic E-state index is -1.47. The van der Waals surface area contributed by atoms with Crippen molar-refractivity contribution in [1.29, 1.82) is 0 Å². The maximum atomic E-state index is 12.0. The third kappa shape index (κ3) is 3.80. The molecule has 0 aliphatic heterocycles.